The Balaban J connectivity index is 1.35. The molecule has 3 amide bonds. The lowest BCUT2D eigenvalue weighted by molar-refractivity contribution is -0.149. The Hall–Kier alpha value is -1.58. The smallest absolute Gasteiger partial charge is 0.322 e. The lowest BCUT2D eigenvalue weighted by Crippen LogP contribution is -2.58. The molecule has 194 valence electrons. The molecule has 3 fully saturated rings. The Bertz CT molecular complexity index is 862. The fraction of sp³-hybridized carbons (Fsp3) is 0.680. The van der Waals surface area contributed by atoms with Crippen molar-refractivity contribution >= 4 is 40.8 Å². The van der Waals surface area contributed by atoms with Crippen molar-refractivity contribution in [3.8, 4) is 0 Å². The number of anilines is 1. The van der Waals surface area contributed by atoms with Gasteiger partial charge in [-0.2, -0.15) is 0 Å². The predicted octanol–water partition coefficient (Wildman–Crippen LogP) is 4.22. The SMILES string of the molecule is O=C(C[C@@H]1CC[C@@H]2[C@H](COC[C@@H](O)CN2C(=O)Nc2cc(Cl)cc(Cl)c2)O1)NCC1CCCCC1. The van der Waals surface area contributed by atoms with Crippen molar-refractivity contribution in [2.24, 2.45) is 5.92 Å². The van der Waals surface area contributed by atoms with Gasteiger partial charge in [0.25, 0.3) is 0 Å². The first-order valence-corrected chi connectivity index (χ1v) is 13.3. The van der Waals surface area contributed by atoms with Crippen molar-refractivity contribution in [2.75, 3.05) is 31.6 Å². The normalized spacial score (nSPS) is 27.9. The number of halogens is 2. The summed E-state index contributed by atoms with van der Waals surface area (Å²) in [6.07, 6.45) is 6.32. The van der Waals surface area contributed by atoms with Crippen LogP contribution in [0, 0.1) is 5.92 Å². The molecule has 0 radical (unpaired) electrons. The number of nitrogens with zero attached hydrogens (tertiary/aromatic N) is 1. The maximum absolute atomic E-state index is 13.2. The molecule has 0 unspecified atom stereocenters. The molecule has 1 aromatic rings. The molecule has 10 heteroatoms. The molecule has 4 rings (SSSR count). The van der Waals surface area contributed by atoms with E-state index in [1.54, 1.807) is 23.1 Å². The van der Waals surface area contributed by atoms with Gasteiger partial charge in [0, 0.05) is 22.3 Å². The third-order valence-corrected chi connectivity index (χ3v) is 7.52. The summed E-state index contributed by atoms with van der Waals surface area (Å²) >= 11 is 12.1. The van der Waals surface area contributed by atoms with Crippen LogP contribution in [0.2, 0.25) is 10.0 Å². The molecule has 0 aromatic heterocycles. The standard InChI is InChI=1S/C25H35Cl2N3O5/c26-17-8-18(27)10-19(9-17)29-25(33)30-13-20(31)14-34-15-23-22(30)7-6-21(35-23)11-24(32)28-12-16-4-2-1-3-5-16/h8-10,16,20-23,31H,1-7,11-15H2,(H,28,32)(H,29,33)/t20-,21-,22+,23-/m0/s1. The van der Waals surface area contributed by atoms with Crippen molar-refractivity contribution in [1.29, 1.82) is 0 Å². The summed E-state index contributed by atoms with van der Waals surface area (Å²) in [6, 6.07) is 4.16. The number of carbonyl (C=O) groups is 2. The van der Waals surface area contributed by atoms with Gasteiger partial charge in [-0.3, -0.25) is 4.79 Å². The summed E-state index contributed by atoms with van der Waals surface area (Å²) in [5, 5.41) is 17.1. The van der Waals surface area contributed by atoms with Gasteiger partial charge in [0.2, 0.25) is 5.91 Å². The summed E-state index contributed by atoms with van der Waals surface area (Å²) in [5.74, 6) is 0.588. The van der Waals surface area contributed by atoms with E-state index in [1.807, 2.05) is 0 Å². The molecule has 3 N–H and O–H groups in total. The molecule has 2 aliphatic heterocycles. The highest BCUT2D eigenvalue weighted by Gasteiger charge is 2.40. The highest BCUT2D eigenvalue weighted by atomic mass is 35.5. The second-order valence-corrected chi connectivity index (χ2v) is 10.8. The van der Waals surface area contributed by atoms with Gasteiger partial charge in [0.1, 0.15) is 6.10 Å². The highest BCUT2D eigenvalue weighted by molar-refractivity contribution is 6.35. The van der Waals surface area contributed by atoms with Crippen molar-refractivity contribution in [2.45, 2.75) is 75.7 Å². The molecule has 3 aliphatic rings. The van der Waals surface area contributed by atoms with Crippen LogP contribution in [0.4, 0.5) is 10.5 Å². The number of β-amino-alcohol motifs (C(OH)–C–C–N with tert-alkyl or cyclic N) is 1. The van der Waals surface area contributed by atoms with Gasteiger partial charge < -0.3 is 30.1 Å². The first-order chi connectivity index (χ1) is 16.9. The molecule has 4 atom stereocenters. The number of amides is 3. The fourth-order valence-electron chi connectivity index (χ4n) is 5.32. The van der Waals surface area contributed by atoms with Gasteiger partial charge in [-0.25, -0.2) is 4.79 Å². The topological polar surface area (TPSA) is 100 Å². The molecule has 0 spiro atoms. The Kier molecular flexibility index (Phi) is 9.53. The number of rotatable bonds is 5. The van der Waals surface area contributed by atoms with E-state index < -0.39 is 6.10 Å². The lowest BCUT2D eigenvalue weighted by atomic mass is 9.89. The van der Waals surface area contributed by atoms with Gasteiger partial charge in [0.05, 0.1) is 44.4 Å². The van der Waals surface area contributed by atoms with Gasteiger partial charge in [-0.05, 0) is 49.8 Å². The molecular formula is C25H35Cl2N3O5. The summed E-state index contributed by atoms with van der Waals surface area (Å²) in [6.45, 7) is 1.19. The number of ether oxygens (including phenoxy) is 2. The van der Waals surface area contributed by atoms with Crippen LogP contribution in [-0.4, -0.2) is 72.6 Å². The number of nitrogens with one attached hydrogen (secondary N) is 2. The first kappa shape index (κ1) is 26.5. The van der Waals surface area contributed by atoms with E-state index in [9.17, 15) is 14.7 Å². The quantitative estimate of drug-likeness (QED) is 0.532. The largest absolute Gasteiger partial charge is 0.389 e. The average Bonchev–Trinajstić information content (AvgIpc) is 2.80. The fourth-order valence-corrected chi connectivity index (χ4v) is 5.85. The zero-order valence-corrected chi connectivity index (χ0v) is 21.4. The maximum atomic E-state index is 13.2. The number of hydrogen-bond donors (Lipinski definition) is 3. The number of aliphatic hydroxyl groups is 1. The van der Waals surface area contributed by atoms with E-state index in [2.05, 4.69) is 10.6 Å². The second-order valence-electron chi connectivity index (χ2n) is 9.89. The lowest BCUT2D eigenvalue weighted by Gasteiger charge is -2.44. The summed E-state index contributed by atoms with van der Waals surface area (Å²) in [7, 11) is 0. The number of aliphatic hydroxyl groups excluding tert-OH is 1. The predicted molar refractivity (Wildman–Crippen MR) is 135 cm³/mol. The molecule has 1 aliphatic carbocycles. The Morgan fingerprint density at radius 3 is 2.51 bits per heavy atom. The average molecular weight is 528 g/mol. The van der Waals surface area contributed by atoms with Gasteiger partial charge in [-0.1, -0.05) is 42.5 Å². The third-order valence-electron chi connectivity index (χ3n) is 7.08. The number of benzene rings is 1. The Labute approximate surface area is 216 Å². The van der Waals surface area contributed by atoms with Crippen LogP contribution in [0.25, 0.3) is 0 Å². The van der Waals surface area contributed by atoms with E-state index in [0.29, 0.717) is 40.9 Å². The molecule has 2 heterocycles. The van der Waals surface area contributed by atoms with Crippen LogP contribution in [0.1, 0.15) is 51.4 Å². The van der Waals surface area contributed by atoms with Crippen LogP contribution in [0.3, 0.4) is 0 Å². The minimum absolute atomic E-state index is 0.00800. The zero-order chi connectivity index (χ0) is 24.8. The number of hydrogen-bond acceptors (Lipinski definition) is 5. The van der Waals surface area contributed by atoms with Crippen molar-refractivity contribution in [3.63, 3.8) is 0 Å². The number of fused-ring (bicyclic) bond motifs is 1. The van der Waals surface area contributed by atoms with E-state index in [0.717, 1.165) is 6.54 Å². The number of urea groups is 1. The molecule has 1 aromatic carbocycles. The van der Waals surface area contributed by atoms with Crippen LogP contribution in [0.5, 0.6) is 0 Å². The zero-order valence-electron chi connectivity index (χ0n) is 19.9. The minimum atomic E-state index is -0.812. The van der Waals surface area contributed by atoms with E-state index in [1.165, 1.54) is 32.1 Å². The Morgan fingerprint density at radius 2 is 1.77 bits per heavy atom. The van der Waals surface area contributed by atoms with Crippen LogP contribution >= 0.6 is 23.2 Å². The molecule has 8 nitrogen and oxygen atoms in total. The van der Waals surface area contributed by atoms with Gasteiger partial charge >= 0.3 is 6.03 Å². The van der Waals surface area contributed by atoms with Crippen molar-refractivity contribution in [3.05, 3.63) is 28.2 Å². The van der Waals surface area contributed by atoms with Crippen LogP contribution in [0.15, 0.2) is 18.2 Å². The second kappa shape index (κ2) is 12.6. The maximum Gasteiger partial charge on any atom is 0.322 e. The summed E-state index contributed by atoms with van der Waals surface area (Å²) in [4.78, 5) is 27.4. The third kappa shape index (κ3) is 7.70. The van der Waals surface area contributed by atoms with E-state index in [4.69, 9.17) is 32.7 Å². The summed E-state index contributed by atoms with van der Waals surface area (Å²) in [5.41, 5.74) is 0.473. The first-order valence-electron chi connectivity index (χ1n) is 12.6. The number of carbonyl (C=O) groups excluding carboxylic acids is 2. The molecule has 1 saturated carbocycles. The molecule has 35 heavy (non-hydrogen) atoms. The highest BCUT2D eigenvalue weighted by Crippen LogP contribution is 2.29. The monoisotopic (exact) mass is 527 g/mol. The van der Waals surface area contributed by atoms with Crippen molar-refractivity contribution < 1.29 is 24.2 Å². The summed E-state index contributed by atoms with van der Waals surface area (Å²) < 4.78 is 11.9. The van der Waals surface area contributed by atoms with Crippen LogP contribution in [-0.2, 0) is 14.3 Å². The Morgan fingerprint density at radius 1 is 1.03 bits per heavy atom. The van der Waals surface area contributed by atoms with Gasteiger partial charge in [-0.15, -0.1) is 0 Å². The molecule has 0 bridgehead atoms. The van der Waals surface area contributed by atoms with Crippen molar-refractivity contribution in [1.82, 2.24) is 10.2 Å². The molecular weight excluding hydrogens is 493 g/mol. The van der Waals surface area contributed by atoms with Gasteiger partial charge in [0.15, 0.2) is 0 Å². The molecule has 2 saturated heterocycles. The van der Waals surface area contributed by atoms with E-state index >= 15 is 0 Å². The van der Waals surface area contributed by atoms with E-state index in [-0.39, 0.29) is 49.9 Å². The van der Waals surface area contributed by atoms with Crippen LogP contribution < -0.4 is 10.6 Å². The minimum Gasteiger partial charge on any atom is -0.389 e.